The molecule has 28 heavy (non-hydrogen) atoms. The van der Waals surface area contributed by atoms with Gasteiger partial charge < -0.3 is 15.5 Å². The maximum atomic E-state index is 4.48. The van der Waals surface area contributed by atoms with E-state index in [1.165, 1.54) is 50.0 Å². The zero-order chi connectivity index (χ0) is 19.6. The number of benzene rings is 2. The molecule has 1 fully saturated rings. The van der Waals surface area contributed by atoms with Crippen molar-refractivity contribution in [2.45, 2.75) is 38.1 Å². The van der Waals surface area contributed by atoms with Crippen molar-refractivity contribution in [1.29, 1.82) is 0 Å². The molecule has 0 saturated carbocycles. The van der Waals surface area contributed by atoms with Crippen LogP contribution in [0.15, 0.2) is 65.7 Å². The lowest BCUT2D eigenvalue weighted by Crippen LogP contribution is -2.49. The predicted molar refractivity (Wildman–Crippen MR) is 119 cm³/mol. The highest BCUT2D eigenvalue weighted by Gasteiger charge is 2.20. The Bertz CT molecular complexity index is 666. The summed E-state index contributed by atoms with van der Waals surface area (Å²) in [5.41, 5.74) is 2.65. The van der Waals surface area contributed by atoms with Gasteiger partial charge in [-0.3, -0.25) is 4.99 Å². The highest BCUT2D eigenvalue weighted by molar-refractivity contribution is 5.80. The minimum Gasteiger partial charge on any atom is -0.355 e. The fourth-order valence-corrected chi connectivity index (χ4v) is 4.00. The van der Waals surface area contributed by atoms with Gasteiger partial charge >= 0.3 is 0 Å². The number of aliphatic imine (C=N–C) groups is 1. The molecular formula is C24H34N4. The van der Waals surface area contributed by atoms with Crippen molar-refractivity contribution in [2.24, 2.45) is 4.99 Å². The third-order valence-electron chi connectivity index (χ3n) is 5.57. The van der Waals surface area contributed by atoms with Crippen LogP contribution in [0.25, 0.3) is 0 Å². The van der Waals surface area contributed by atoms with Gasteiger partial charge in [0, 0.05) is 38.6 Å². The summed E-state index contributed by atoms with van der Waals surface area (Å²) in [4.78, 5) is 7.04. The standard InChI is InChI=1S/C24H34N4/c1-3-16-28-17-14-22(15-18-28)27-24(25-2)26-19-23(20-10-6-4-7-11-20)21-12-8-5-9-13-21/h4-13,22-23H,3,14-19H2,1-2H3,(H2,25,26,27). The van der Waals surface area contributed by atoms with Crippen molar-refractivity contribution in [3.63, 3.8) is 0 Å². The highest BCUT2D eigenvalue weighted by Crippen LogP contribution is 2.23. The number of guanidine groups is 1. The van der Waals surface area contributed by atoms with Crippen molar-refractivity contribution < 1.29 is 0 Å². The van der Waals surface area contributed by atoms with Crippen LogP contribution in [0, 0.1) is 0 Å². The topological polar surface area (TPSA) is 39.7 Å². The van der Waals surface area contributed by atoms with E-state index in [0.717, 1.165) is 12.5 Å². The summed E-state index contributed by atoms with van der Waals surface area (Å²) in [6.07, 6.45) is 3.60. The molecule has 0 atom stereocenters. The number of nitrogens with one attached hydrogen (secondary N) is 2. The third-order valence-corrected chi connectivity index (χ3v) is 5.57. The molecule has 1 saturated heterocycles. The van der Waals surface area contributed by atoms with Crippen LogP contribution in [0.4, 0.5) is 0 Å². The molecule has 0 unspecified atom stereocenters. The molecule has 0 spiro atoms. The first-order valence-electron chi connectivity index (χ1n) is 10.6. The van der Waals surface area contributed by atoms with E-state index < -0.39 is 0 Å². The van der Waals surface area contributed by atoms with Gasteiger partial charge in [0.05, 0.1) is 0 Å². The summed E-state index contributed by atoms with van der Waals surface area (Å²) < 4.78 is 0. The normalized spacial score (nSPS) is 16.3. The molecule has 1 aliphatic rings. The minimum absolute atomic E-state index is 0.298. The van der Waals surface area contributed by atoms with Crippen LogP contribution < -0.4 is 10.6 Å². The maximum Gasteiger partial charge on any atom is 0.191 e. The van der Waals surface area contributed by atoms with E-state index in [4.69, 9.17) is 0 Å². The van der Waals surface area contributed by atoms with E-state index in [1.54, 1.807) is 0 Å². The molecular weight excluding hydrogens is 344 g/mol. The van der Waals surface area contributed by atoms with Gasteiger partial charge in [-0.1, -0.05) is 67.6 Å². The summed E-state index contributed by atoms with van der Waals surface area (Å²) >= 11 is 0. The monoisotopic (exact) mass is 378 g/mol. The van der Waals surface area contributed by atoms with E-state index >= 15 is 0 Å². The predicted octanol–water partition coefficient (Wildman–Crippen LogP) is 3.86. The third kappa shape index (κ3) is 5.83. The van der Waals surface area contributed by atoms with Crippen LogP contribution in [0.5, 0.6) is 0 Å². The second-order valence-electron chi connectivity index (χ2n) is 7.59. The summed E-state index contributed by atoms with van der Waals surface area (Å²) in [7, 11) is 1.86. The molecule has 4 heteroatoms. The van der Waals surface area contributed by atoms with E-state index in [9.17, 15) is 0 Å². The lowest BCUT2D eigenvalue weighted by atomic mass is 9.91. The summed E-state index contributed by atoms with van der Waals surface area (Å²) in [5.74, 6) is 1.21. The van der Waals surface area contributed by atoms with Gasteiger partial charge in [-0.05, 0) is 36.9 Å². The van der Waals surface area contributed by atoms with E-state index in [2.05, 4.69) is 88.1 Å². The van der Waals surface area contributed by atoms with Gasteiger partial charge in [-0.2, -0.15) is 0 Å². The zero-order valence-electron chi connectivity index (χ0n) is 17.3. The smallest absolute Gasteiger partial charge is 0.191 e. The van der Waals surface area contributed by atoms with Crippen molar-refractivity contribution >= 4 is 5.96 Å². The first-order valence-corrected chi connectivity index (χ1v) is 10.6. The number of hydrogen-bond donors (Lipinski definition) is 2. The number of rotatable bonds is 7. The molecule has 0 aromatic heterocycles. The quantitative estimate of drug-likeness (QED) is 0.568. The average molecular weight is 379 g/mol. The minimum atomic E-state index is 0.298. The number of piperidine rings is 1. The lowest BCUT2D eigenvalue weighted by molar-refractivity contribution is 0.206. The molecule has 3 rings (SSSR count). The molecule has 1 heterocycles. The molecule has 4 nitrogen and oxygen atoms in total. The molecule has 2 aromatic rings. The second-order valence-corrected chi connectivity index (χ2v) is 7.59. The fraction of sp³-hybridized carbons (Fsp3) is 0.458. The Labute approximate surface area is 170 Å². The van der Waals surface area contributed by atoms with Crippen LogP contribution in [0.1, 0.15) is 43.2 Å². The van der Waals surface area contributed by atoms with Gasteiger partial charge in [0.15, 0.2) is 5.96 Å². The Hall–Kier alpha value is -2.33. The van der Waals surface area contributed by atoms with Gasteiger partial charge in [0.1, 0.15) is 0 Å². The van der Waals surface area contributed by atoms with Gasteiger partial charge in [0.2, 0.25) is 0 Å². The van der Waals surface area contributed by atoms with Gasteiger partial charge in [-0.25, -0.2) is 0 Å². The van der Waals surface area contributed by atoms with Crippen LogP contribution in [-0.4, -0.2) is 50.1 Å². The Morgan fingerprint density at radius 3 is 2.07 bits per heavy atom. The largest absolute Gasteiger partial charge is 0.355 e. The molecule has 2 aromatic carbocycles. The van der Waals surface area contributed by atoms with Crippen LogP contribution in [0.2, 0.25) is 0 Å². The summed E-state index contributed by atoms with van der Waals surface area (Å²) in [6.45, 7) is 6.65. The zero-order valence-corrected chi connectivity index (χ0v) is 17.3. The van der Waals surface area contributed by atoms with Crippen LogP contribution in [-0.2, 0) is 0 Å². The second kappa shape index (κ2) is 10.9. The molecule has 150 valence electrons. The number of likely N-dealkylation sites (tertiary alicyclic amines) is 1. The van der Waals surface area contributed by atoms with Crippen molar-refractivity contribution in [2.75, 3.05) is 33.2 Å². The van der Waals surface area contributed by atoms with Crippen LogP contribution in [0.3, 0.4) is 0 Å². The molecule has 1 aliphatic heterocycles. The Morgan fingerprint density at radius 1 is 1.00 bits per heavy atom. The Morgan fingerprint density at radius 2 is 1.57 bits per heavy atom. The molecule has 0 aliphatic carbocycles. The van der Waals surface area contributed by atoms with Gasteiger partial charge in [-0.15, -0.1) is 0 Å². The lowest BCUT2D eigenvalue weighted by Gasteiger charge is -2.33. The first-order chi connectivity index (χ1) is 13.8. The summed E-state index contributed by atoms with van der Waals surface area (Å²) in [6, 6.07) is 21.9. The highest BCUT2D eigenvalue weighted by atomic mass is 15.2. The molecule has 0 radical (unpaired) electrons. The first kappa shape index (κ1) is 20.4. The van der Waals surface area contributed by atoms with Crippen molar-refractivity contribution in [3.8, 4) is 0 Å². The van der Waals surface area contributed by atoms with E-state index in [0.29, 0.717) is 12.0 Å². The molecule has 0 bridgehead atoms. The van der Waals surface area contributed by atoms with Crippen molar-refractivity contribution in [3.05, 3.63) is 71.8 Å². The Balaban J connectivity index is 1.59. The van der Waals surface area contributed by atoms with Crippen LogP contribution >= 0.6 is 0 Å². The number of hydrogen-bond acceptors (Lipinski definition) is 2. The van der Waals surface area contributed by atoms with E-state index in [1.807, 2.05) is 7.05 Å². The average Bonchev–Trinajstić information content (AvgIpc) is 2.76. The van der Waals surface area contributed by atoms with Gasteiger partial charge in [0.25, 0.3) is 0 Å². The SMILES string of the molecule is CCCN1CCC(NC(=NC)NCC(c2ccccc2)c2ccccc2)CC1. The van der Waals surface area contributed by atoms with E-state index in [-0.39, 0.29) is 0 Å². The fourth-order valence-electron chi connectivity index (χ4n) is 4.00. The number of nitrogens with zero attached hydrogens (tertiary/aromatic N) is 2. The molecule has 0 amide bonds. The summed E-state index contributed by atoms with van der Waals surface area (Å²) in [5, 5.41) is 7.21. The molecule has 2 N–H and O–H groups in total. The van der Waals surface area contributed by atoms with Crippen molar-refractivity contribution in [1.82, 2.24) is 15.5 Å². The Kier molecular flexibility index (Phi) is 7.92. The maximum absolute atomic E-state index is 4.48.